The molecule has 0 aliphatic heterocycles. The Labute approximate surface area is 152 Å². The lowest BCUT2D eigenvalue weighted by Crippen LogP contribution is -2.02. The predicted molar refractivity (Wildman–Crippen MR) is 95.9 cm³/mol. The second-order valence-electron chi connectivity index (χ2n) is 5.11. The molecule has 0 bridgehead atoms. The van der Waals surface area contributed by atoms with Gasteiger partial charge in [-0.15, -0.1) is 0 Å². The van der Waals surface area contributed by atoms with Crippen LogP contribution in [0.25, 0.3) is 6.08 Å². The molecule has 6 heteroatoms. The van der Waals surface area contributed by atoms with Crippen molar-refractivity contribution in [2.75, 3.05) is 20.8 Å². The van der Waals surface area contributed by atoms with Crippen molar-refractivity contribution in [2.24, 2.45) is 0 Å². The Bertz CT molecular complexity index is 823. The van der Waals surface area contributed by atoms with Crippen molar-refractivity contribution in [3.8, 4) is 23.3 Å². The molecular formula is C20H19NO5. The molecule has 0 saturated carbocycles. The van der Waals surface area contributed by atoms with E-state index in [-0.39, 0.29) is 13.2 Å². The Morgan fingerprint density at radius 1 is 1.08 bits per heavy atom. The quantitative estimate of drug-likeness (QED) is 0.535. The van der Waals surface area contributed by atoms with Crippen LogP contribution in [-0.2, 0) is 16.1 Å². The molecule has 2 aromatic carbocycles. The molecule has 0 unspecified atom stereocenters. The molecule has 0 amide bonds. The molecule has 2 aromatic rings. The standard InChI is InChI=1S/C20H19NO5/c1-23-17-6-4-3-5-16(17)14-26-20(22)10-8-15-7-9-18(25-12-11-21)19(13-15)24-2/h3-10,13H,12,14H2,1-2H3/b10-8+. The number of hydrogen-bond donors (Lipinski definition) is 0. The molecule has 0 N–H and O–H groups in total. The van der Waals surface area contributed by atoms with Crippen LogP contribution in [0.1, 0.15) is 11.1 Å². The Morgan fingerprint density at radius 3 is 2.58 bits per heavy atom. The van der Waals surface area contributed by atoms with Crippen molar-refractivity contribution < 1.29 is 23.7 Å². The first-order valence-corrected chi connectivity index (χ1v) is 7.82. The number of hydrogen-bond acceptors (Lipinski definition) is 6. The van der Waals surface area contributed by atoms with Crippen LogP contribution in [-0.4, -0.2) is 26.8 Å². The van der Waals surface area contributed by atoms with Crippen LogP contribution in [0.2, 0.25) is 0 Å². The lowest BCUT2D eigenvalue weighted by Gasteiger charge is -2.09. The first kappa shape index (κ1) is 18.9. The van der Waals surface area contributed by atoms with E-state index >= 15 is 0 Å². The Morgan fingerprint density at radius 2 is 1.85 bits per heavy atom. The van der Waals surface area contributed by atoms with Crippen LogP contribution in [0.4, 0.5) is 0 Å². The number of para-hydroxylation sites is 1. The predicted octanol–water partition coefficient (Wildman–Crippen LogP) is 3.36. The number of ether oxygens (including phenoxy) is 4. The van der Waals surface area contributed by atoms with Gasteiger partial charge in [0.2, 0.25) is 0 Å². The summed E-state index contributed by atoms with van der Waals surface area (Å²) in [6.07, 6.45) is 2.95. The van der Waals surface area contributed by atoms with Gasteiger partial charge in [-0.05, 0) is 29.8 Å². The van der Waals surface area contributed by atoms with Gasteiger partial charge in [0.25, 0.3) is 0 Å². The molecule has 134 valence electrons. The van der Waals surface area contributed by atoms with Gasteiger partial charge in [0.05, 0.1) is 14.2 Å². The Hall–Kier alpha value is -3.46. The van der Waals surface area contributed by atoms with Gasteiger partial charge in [-0.2, -0.15) is 5.26 Å². The van der Waals surface area contributed by atoms with Gasteiger partial charge in [-0.25, -0.2) is 4.79 Å². The van der Waals surface area contributed by atoms with Crippen molar-refractivity contribution in [1.29, 1.82) is 5.26 Å². The van der Waals surface area contributed by atoms with E-state index in [1.807, 2.05) is 24.3 Å². The molecule has 0 saturated heterocycles. The number of rotatable bonds is 8. The van der Waals surface area contributed by atoms with E-state index < -0.39 is 5.97 Å². The van der Waals surface area contributed by atoms with Crippen LogP contribution in [0.5, 0.6) is 17.2 Å². The highest BCUT2D eigenvalue weighted by molar-refractivity contribution is 5.87. The average Bonchev–Trinajstić information content (AvgIpc) is 2.69. The first-order chi connectivity index (χ1) is 12.7. The third-order valence-electron chi connectivity index (χ3n) is 3.45. The SMILES string of the molecule is COc1ccccc1COC(=O)/C=C/c1ccc(OCC#N)c(OC)c1. The summed E-state index contributed by atoms with van der Waals surface area (Å²) in [5, 5.41) is 8.57. The molecular weight excluding hydrogens is 334 g/mol. The zero-order valence-corrected chi connectivity index (χ0v) is 14.6. The molecule has 0 radical (unpaired) electrons. The number of nitrogens with zero attached hydrogens (tertiary/aromatic N) is 1. The highest BCUT2D eigenvalue weighted by atomic mass is 16.5. The average molecular weight is 353 g/mol. The van der Waals surface area contributed by atoms with Crippen molar-refractivity contribution >= 4 is 12.0 Å². The first-order valence-electron chi connectivity index (χ1n) is 7.82. The van der Waals surface area contributed by atoms with Gasteiger partial charge < -0.3 is 18.9 Å². The van der Waals surface area contributed by atoms with Gasteiger partial charge in [0.15, 0.2) is 18.1 Å². The molecule has 26 heavy (non-hydrogen) atoms. The number of nitriles is 1. The highest BCUT2D eigenvalue weighted by Crippen LogP contribution is 2.28. The zero-order valence-electron chi connectivity index (χ0n) is 14.6. The van der Waals surface area contributed by atoms with Gasteiger partial charge in [-0.1, -0.05) is 24.3 Å². The summed E-state index contributed by atoms with van der Waals surface area (Å²) in [5.74, 6) is 1.14. The highest BCUT2D eigenvalue weighted by Gasteiger charge is 2.06. The minimum atomic E-state index is -0.473. The molecule has 0 aromatic heterocycles. The molecule has 0 atom stereocenters. The van der Waals surface area contributed by atoms with Crippen LogP contribution in [0.3, 0.4) is 0 Å². The van der Waals surface area contributed by atoms with E-state index in [2.05, 4.69) is 0 Å². The maximum atomic E-state index is 11.9. The van der Waals surface area contributed by atoms with Gasteiger partial charge in [-0.3, -0.25) is 0 Å². The minimum Gasteiger partial charge on any atom is -0.496 e. The molecule has 0 spiro atoms. The van der Waals surface area contributed by atoms with Gasteiger partial charge in [0.1, 0.15) is 18.4 Å². The van der Waals surface area contributed by atoms with Crippen molar-refractivity contribution in [1.82, 2.24) is 0 Å². The van der Waals surface area contributed by atoms with E-state index in [9.17, 15) is 4.79 Å². The second-order valence-corrected chi connectivity index (χ2v) is 5.11. The Kier molecular flexibility index (Phi) is 7.07. The third-order valence-corrected chi connectivity index (χ3v) is 3.45. The number of esters is 1. The summed E-state index contributed by atoms with van der Waals surface area (Å²) in [4.78, 5) is 11.9. The smallest absolute Gasteiger partial charge is 0.331 e. The summed E-state index contributed by atoms with van der Waals surface area (Å²) >= 11 is 0. The minimum absolute atomic E-state index is 0.0686. The summed E-state index contributed by atoms with van der Waals surface area (Å²) in [7, 11) is 3.07. The van der Waals surface area contributed by atoms with Crippen molar-refractivity contribution in [3.63, 3.8) is 0 Å². The molecule has 6 nitrogen and oxygen atoms in total. The lowest BCUT2D eigenvalue weighted by atomic mass is 10.2. The molecule has 0 aliphatic rings. The summed E-state index contributed by atoms with van der Waals surface area (Å²) in [6.45, 7) is 0.0538. The van der Waals surface area contributed by atoms with E-state index in [1.165, 1.54) is 13.2 Å². The summed E-state index contributed by atoms with van der Waals surface area (Å²) in [6, 6.07) is 14.4. The van der Waals surface area contributed by atoms with Gasteiger partial charge in [0, 0.05) is 11.6 Å². The molecule has 0 heterocycles. The number of benzene rings is 2. The molecule has 0 aliphatic carbocycles. The monoisotopic (exact) mass is 353 g/mol. The zero-order chi connectivity index (χ0) is 18.8. The lowest BCUT2D eigenvalue weighted by molar-refractivity contribution is -0.138. The Balaban J connectivity index is 1.98. The van der Waals surface area contributed by atoms with E-state index in [0.29, 0.717) is 17.2 Å². The second kappa shape index (κ2) is 9.74. The fourth-order valence-electron chi connectivity index (χ4n) is 2.20. The van der Waals surface area contributed by atoms with Crippen molar-refractivity contribution in [3.05, 3.63) is 59.7 Å². The van der Waals surface area contributed by atoms with Crippen LogP contribution < -0.4 is 14.2 Å². The maximum Gasteiger partial charge on any atom is 0.331 e. The fourth-order valence-corrected chi connectivity index (χ4v) is 2.20. The van der Waals surface area contributed by atoms with Crippen LogP contribution in [0.15, 0.2) is 48.5 Å². The fraction of sp³-hybridized carbons (Fsp3) is 0.200. The third kappa shape index (κ3) is 5.28. The number of carbonyl (C=O) groups excluding carboxylic acids is 1. The molecule has 2 rings (SSSR count). The van der Waals surface area contributed by atoms with Crippen LogP contribution >= 0.6 is 0 Å². The topological polar surface area (TPSA) is 77.8 Å². The normalized spacial score (nSPS) is 10.2. The van der Waals surface area contributed by atoms with E-state index in [0.717, 1.165) is 11.1 Å². The maximum absolute atomic E-state index is 11.9. The van der Waals surface area contributed by atoms with Crippen molar-refractivity contribution in [2.45, 2.75) is 6.61 Å². The largest absolute Gasteiger partial charge is 0.496 e. The number of methoxy groups -OCH3 is 2. The van der Waals surface area contributed by atoms with E-state index in [1.54, 1.807) is 37.5 Å². The summed E-state index contributed by atoms with van der Waals surface area (Å²) in [5.41, 5.74) is 1.53. The summed E-state index contributed by atoms with van der Waals surface area (Å²) < 4.78 is 20.9. The molecule has 0 fully saturated rings. The number of carbonyl (C=O) groups is 1. The van der Waals surface area contributed by atoms with Gasteiger partial charge >= 0.3 is 5.97 Å². The van der Waals surface area contributed by atoms with Crippen LogP contribution in [0, 0.1) is 11.3 Å². The van der Waals surface area contributed by atoms with E-state index in [4.69, 9.17) is 24.2 Å².